The van der Waals surface area contributed by atoms with Crippen LogP contribution in [0.2, 0.25) is 0 Å². The van der Waals surface area contributed by atoms with Crippen molar-refractivity contribution in [3.05, 3.63) is 50.1 Å². The monoisotopic (exact) mass is 310 g/mol. The van der Waals surface area contributed by atoms with Crippen LogP contribution in [0, 0.1) is 54.9 Å². The molecule has 1 aliphatic carbocycles. The first kappa shape index (κ1) is 25.0. The van der Waals surface area contributed by atoms with Gasteiger partial charge in [0.2, 0.25) is 0 Å². The molecule has 0 amide bonds. The molecular weight excluding hydrogens is 276 g/mol. The van der Waals surface area contributed by atoms with Gasteiger partial charge in [-0.25, -0.2) is 0 Å². The van der Waals surface area contributed by atoms with Gasteiger partial charge in [-0.3, -0.25) is 0 Å². The number of fused-ring (bicyclic) bond motifs is 1. The average molecular weight is 310 g/mol. The molecule has 0 saturated heterocycles. The van der Waals surface area contributed by atoms with E-state index >= 15 is 0 Å². The first-order valence-corrected chi connectivity index (χ1v) is 6.64. The minimum absolute atomic E-state index is 0. The fraction of sp³-hybridized carbons (Fsp3) is 0.579. The van der Waals surface area contributed by atoms with Crippen LogP contribution in [-0.4, -0.2) is 0 Å². The summed E-state index contributed by atoms with van der Waals surface area (Å²) in [5.41, 5.74) is 8.00. The van der Waals surface area contributed by atoms with Gasteiger partial charge in [0.1, 0.15) is 0 Å². The molecule has 0 nitrogen and oxygen atoms in total. The van der Waals surface area contributed by atoms with Crippen LogP contribution in [0.4, 0.5) is 0 Å². The molecule has 2 rings (SSSR count). The summed E-state index contributed by atoms with van der Waals surface area (Å²) in [5, 5.41) is 0. The van der Waals surface area contributed by atoms with Crippen molar-refractivity contribution in [2.75, 3.05) is 0 Å². The third-order valence-corrected chi connectivity index (χ3v) is 5.54. The van der Waals surface area contributed by atoms with Crippen molar-refractivity contribution in [2.24, 2.45) is 11.8 Å². The molecule has 0 N–H and O–H groups in total. The predicted octanol–water partition coefficient (Wildman–Crippen LogP) is 6.17. The molecule has 0 spiro atoms. The van der Waals surface area contributed by atoms with Gasteiger partial charge in [-0.2, -0.15) is 27.8 Å². The van der Waals surface area contributed by atoms with Gasteiger partial charge in [0.15, 0.2) is 0 Å². The first-order chi connectivity index (χ1) is 7.37. The van der Waals surface area contributed by atoms with Crippen molar-refractivity contribution < 1.29 is 21.7 Å². The Morgan fingerprint density at radius 3 is 1.65 bits per heavy atom. The zero-order valence-electron chi connectivity index (χ0n) is 15.3. The Hall–Kier alpha value is 0.0643. The molecule has 0 heterocycles. The van der Waals surface area contributed by atoms with Crippen LogP contribution in [0.5, 0.6) is 0 Å². The van der Waals surface area contributed by atoms with E-state index in [0.717, 1.165) is 23.7 Å². The van der Waals surface area contributed by atoms with Gasteiger partial charge in [-0.05, 0) is 17.8 Å². The summed E-state index contributed by atoms with van der Waals surface area (Å²) >= 11 is 0. The van der Waals surface area contributed by atoms with Crippen LogP contribution in [0.1, 0.15) is 67.3 Å². The van der Waals surface area contributed by atoms with Crippen LogP contribution >= 0.6 is 0 Å². The van der Waals surface area contributed by atoms with Gasteiger partial charge >= 0.3 is 21.7 Å². The van der Waals surface area contributed by atoms with Gasteiger partial charge < -0.3 is 22.3 Å². The second-order valence-electron chi connectivity index (χ2n) is 6.00. The molecule has 0 radical (unpaired) electrons. The third kappa shape index (κ3) is 3.28. The molecule has 1 aromatic rings. The van der Waals surface area contributed by atoms with Gasteiger partial charge in [-0.1, -0.05) is 54.4 Å². The molecule has 114 valence electrons. The third-order valence-electron chi connectivity index (χ3n) is 5.54. The van der Waals surface area contributed by atoms with Crippen molar-refractivity contribution in [2.45, 2.75) is 60.3 Å². The Balaban J connectivity index is -0.000000722. The van der Waals surface area contributed by atoms with Crippen molar-refractivity contribution >= 4 is 0 Å². The molecular formula is C19H34Ti. The van der Waals surface area contributed by atoms with E-state index in [-0.39, 0.29) is 44.0 Å². The Labute approximate surface area is 144 Å². The summed E-state index contributed by atoms with van der Waals surface area (Å²) in [6.07, 6.45) is 0. The minimum atomic E-state index is 0. The Morgan fingerprint density at radius 1 is 0.800 bits per heavy atom. The van der Waals surface area contributed by atoms with Gasteiger partial charge in [-0.15, -0.1) is 0 Å². The molecule has 0 saturated carbocycles. The molecule has 0 bridgehead atoms. The van der Waals surface area contributed by atoms with E-state index in [1.165, 1.54) is 5.56 Å². The number of rotatable bonds is 0. The summed E-state index contributed by atoms with van der Waals surface area (Å²) in [5.74, 6) is 3.08. The van der Waals surface area contributed by atoms with Gasteiger partial charge in [0.05, 0.1) is 0 Å². The van der Waals surface area contributed by atoms with Crippen LogP contribution < -0.4 is 0 Å². The topological polar surface area (TPSA) is 0 Å². The fourth-order valence-electron chi connectivity index (χ4n) is 3.70. The largest absolute Gasteiger partial charge is 4.00 e. The van der Waals surface area contributed by atoms with E-state index in [1.54, 1.807) is 22.3 Å². The molecule has 1 aromatic carbocycles. The van der Waals surface area contributed by atoms with Gasteiger partial charge in [0, 0.05) is 0 Å². The van der Waals surface area contributed by atoms with Gasteiger partial charge in [0.25, 0.3) is 0 Å². The van der Waals surface area contributed by atoms with E-state index in [2.05, 4.69) is 48.5 Å². The second-order valence-corrected chi connectivity index (χ2v) is 6.00. The van der Waals surface area contributed by atoms with Crippen molar-refractivity contribution in [1.29, 1.82) is 0 Å². The average Bonchev–Trinajstić information content (AvgIpc) is 2.48. The molecule has 0 aromatic heterocycles. The predicted molar refractivity (Wildman–Crippen MR) is 90.6 cm³/mol. The summed E-state index contributed by atoms with van der Waals surface area (Å²) < 4.78 is 0. The number of hydrogen-bond acceptors (Lipinski definition) is 0. The van der Waals surface area contributed by atoms with Crippen molar-refractivity contribution in [3.63, 3.8) is 0 Å². The summed E-state index contributed by atoms with van der Waals surface area (Å²) in [4.78, 5) is 0. The maximum Gasteiger partial charge on any atom is 4.00 e. The van der Waals surface area contributed by atoms with Crippen LogP contribution in [-0.2, 0) is 21.7 Å². The van der Waals surface area contributed by atoms with E-state index in [1.807, 2.05) is 0 Å². The van der Waals surface area contributed by atoms with E-state index < -0.39 is 0 Å². The smallest absolute Gasteiger partial charge is 0.358 e. The molecule has 1 heteroatoms. The second kappa shape index (κ2) is 8.49. The summed E-state index contributed by atoms with van der Waals surface area (Å²) in [7, 11) is 0. The van der Waals surface area contributed by atoms with Crippen molar-refractivity contribution in [3.8, 4) is 0 Å². The van der Waals surface area contributed by atoms with Crippen LogP contribution in [0.15, 0.2) is 0 Å². The van der Waals surface area contributed by atoms with E-state index in [4.69, 9.17) is 0 Å². The molecule has 4 atom stereocenters. The standard InChI is InChI=1S/C16H25.3CH3.Ti/c1-8-9(2)12(5)16-14(7)10(3)13(6)15(16)11(8)4;;;;/h8-9,11-12H,1-7H3;3*1H3;/q4*-1;+4. The minimum Gasteiger partial charge on any atom is -0.358 e. The Morgan fingerprint density at radius 2 is 1.20 bits per heavy atom. The van der Waals surface area contributed by atoms with Crippen molar-refractivity contribution in [1.82, 2.24) is 0 Å². The zero-order chi connectivity index (χ0) is 12.2. The molecule has 4 unspecified atom stereocenters. The molecule has 0 fully saturated rings. The normalized spacial score (nSPS) is 27.1. The Kier molecular flexibility index (Phi) is 10.6. The molecule has 20 heavy (non-hydrogen) atoms. The SMILES string of the molecule is Cc1c2c([c-](C)c1C)C(C)C(C)C(C)C2C.[CH3-].[CH3-].[CH3-].[Ti+4]. The zero-order valence-corrected chi connectivity index (χ0v) is 16.9. The van der Waals surface area contributed by atoms with E-state index in [0.29, 0.717) is 0 Å². The molecule has 0 aliphatic heterocycles. The maximum absolute atomic E-state index is 2.42. The van der Waals surface area contributed by atoms with Crippen LogP contribution in [0.25, 0.3) is 0 Å². The quantitative estimate of drug-likeness (QED) is 0.397. The first-order valence-electron chi connectivity index (χ1n) is 6.64. The summed E-state index contributed by atoms with van der Waals surface area (Å²) in [6, 6.07) is 0. The Bertz CT molecular complexity index is 376. The van der Waals surface area contributed by atoms with E-state index in [9.17, 15) is 0 Å². The molecule has 1 aliphatic rings. The maximum atomic E-state index is 2.42. The van der Waals surface area contributed by atoms with Crippen LogP contribution in [0.3, 0.4) is 0 Å². The fourth-order valence-corrected chi connectivity index (χ4v) is 3.70. The number of hydrogen-bond donors (Lipinski definition) is 0. The summed E-state index contributed by atoms with van der Waals surface area (Å²) in [6.45, 7) is 16.6.